The second-order valence-corrected chi connectivity index (χ2v) is 15.3. The average molecular weight is 784 g/mol. The molecule has 16 heteroatoms. The highest BCUT2D eigenvalue weighted by molar-refractivity contribution is 6.23. The number of aryl methyl sites for hydroxylation is 1. The summed E-state index contributed by atoms with van der Waals surface area (Å²) in [5.41, 5.74) is 4.50. The van der Waals surface area contributed by atoms with Gasteiger partial charge in [0.1, 0.15) is 29.9 Å². The van der Waals surface area contributed by atoms with Crippen LogP contribution in [0.15, 0.2) is 41.3 Å². The van der Waals surface area contributed by atoms with Crippen LogP contribution in [0.1, 0.15) is 63.1 Å². The van der Waals surface area contributed by atoms with Gasteiger partial charge in [-0.05, 0) is 81.2 Å². The molecule has 0 radical (unpaired) electrons. The molecule has 1 atom stereocenters. The fourth-order valence-electron chi connectivity index (χ4n) is 8.23. The molecule has 0 aliphatic carbocycles. The number of nitrogens with zero attached hydrogens (tertiary/aromatic N) is 5. The lowest BCUT2D eigenvalue weighted by Crippen LogP contribution is -2.54. The smallest absolute Gasteiger partial charge is 0.317 e. The SMILES string of the molecule is COc1cc(-c2cn(C)c(=O)c3c2CCN(C(=O)NC2CCN(CCOc4ccc5c(c4)C(=O)N(C4CCC(=O)NC4=O)C5=O)CC2)C3)cc(OC)c1CN(C)C. The number of piperidine rings is 2. The van der Waals surface area contributed by atoms with Gasteiger partial charge in [0.05, 0.1) is 37.5 Å². The van der Waals surface area contributed by atoms with Gasteiger partial charge in [-0.15, -0.1) is 0 Å². The van der Waals surface area contributed by atoms with Gasteiger partial charge >= 0.3 is 6.03 Å². The Hall–Kier alpha value is -5.74. The van der Waals surface area contributed by atoms with Crippen molar-refractivity contribution in [3.8, 4) is 28.4 Å². The maximum Gasteiger partial charge on any atom is 0.317 e. The number of aromatic nitrogens is 1. The van der Waals surface area contributed by atoms with Crippen LogP contribution in [0.25, 0.3) is 11.1 Å². The first-order valence-corrected chi connectivity index (χ1v) is 19.2. The van der Waals surface area contributed by atoms with E-state index in [1.54, 1.807) is 36.8 Å². The lowest BCUT2D eigenvalue weighted by atomic mass is 9.91. The predicted molar refractivity (Wildman–Crippen MR) is 208 cm³/mol. The minimum absolute atomic E-state index is 0.0154. The van der Waals surface area contributed by atoms with Crippen LogP contribution in [-0.4, -0.2) is 127 Å². The number of ether oxygens (including phenoxy) is 3. The van der Waals surface area contributed by atoms with Gasteiger partial charge < -0.3 is 33.9 Å². The minimum atomic E-state index is -1.02. The third kappa shape index (κ3) is 7.96. The third-order valence-corrected chi connectivity index (χ3v) is 11.3. The Labute approximate surface area is 330 Å². The van der Waals surface area contributed by atoms with Crippen molar-refractivity contribution in [1.29, 1.82) is 0 Å². The molecule has 302 valence electrons. The zero-order chi connectivity index (χ0) is 40.5. The fourth-order valence-corrected chi connectivity index (χ4v) is 8.23. The Morgan fingerprint density at radius 3 is 2.25 bits per heavy atom. The molecular formula is C41H49N7O9. The molecule has 57 heavy (non-hydrogen) atoms. The number of rotatable bonds is 11. The van der Waals surface area contributed by atoms with Crippen LogP contribution in [-0.2, 0) is 36.1 Å². The molecule has 0 spiro atoms. The van der Waals surface area contributed by atoms with Crippen molar-refractivity contribution in [2.45, 2.75) is 57.3 Å². The van der Waals surface area contributed by atoms with E-state index in [2.05, 4.69) is 15.5 Å². The second-order valence-electron chi connectivity index (χ2n) is 15.3. The summed E-state index contributed by atoms with van der Waals surface area (Å²) < 4.78 is 19.1. The summed E-state index contributed by atoms with van der Waals surface area (Å²) in [7, 11) is 8.97. The summed E-state index contributed by atoms with van der Waals surface area (Å²) >= 11 is 0. The van der Waals surface area contributed by atoms with Crippen LogP contribution in [0, 0.1) is 0 Å². The number of likely N-dealkylation sites (tertiary alicyclic amines) is 1. The van der Waals surface area contributed by atoms with Crippen molar-refractivity contribution in [3.63, 3.8) is 0 Å². The maximum absolute atomic E-state index is 13.5. The Morgan fingerprint density at radius 1 is 0.877 bits per heavy atom. The van der Waals surface area contributed by atoms with Crippen LogP contribution in [0.4, 0.5) is 4.79 Å². The molecule has 7 rings (SSSR count). The van der Waals surface area contributed by atoms with E-state index >= 15 is 0 Å². The van der Waals surface area contributed by atoms with Crippen molar-refractivity contribution in [2.75, 3.05) is 61.1 Å². The summed E-state index contributed by atoms with van der Waals surface area (Å²) in [6, 6.07) is 7.43. The first-order valence-electron chi connectivity index (χ1n) is 19.2. The first-order chi connectivity index (χ1) is 27.4. The van der Waals surface area contributed by atoms with Gasteiger partial charge in [-0.3, -0.25) is 39.1 Å². The molecule has 1 unspecified atom stereocenters. The molecule has 4 aliphatic rings. The highest BCUT2D eigenvalue weighted by atomic mass is 16.5. The van der Waals surface area contributed by atoms with Gasteiger partial charge in [-0.1, -0.05) is 0 Å². The molecule has 16 nitrogen and oxygen atoms in total. The van der Waals surface area contributed by atoms with Crippen molar-refractivity contribution >= 4 is 29.7 Å². The van der Waals surface area contributed by atoms with E-state index < -0.39 is 29.7 Å². The Morgan fingerprint density at radius 2 is 1.58 bits per heavy atom. The molecule has 5 heterocycles. The number of carbonyl (C=O) groups is 5. The average Bonchev–Trinajstić information content (AvgIpc) is 3.44. The topological polar surface area (TPSA) is 172 Å². The minimum Gasteiger partial charge on any atom is -0.496 e. The molecule has 0 bridgehead atoms. The lowest BCUT2D eigenvalue weighted by molar-refractivity contribution is -0.136. The number of nitrogens with one attached hydrogen (secondary N) is 2. The predicted octanol–water partition coefficient (Wildman–Crippen LogP) is 2.14. The molecule has 2 fully saturated rings. The molecule has 4 aliphatic heterocycles. The molecule has 3 aromatic rings. The van der Waals surface area contributed by atoms with Gasteiger partial charge in [-0.2, -0.15) is 0 Å². The van der Waals surface area contributed by atoms with Gasteiger partial charge in [0.25, 0.3) is 17.4 Å². The number of carbonyl (C=O) groups excluding carboxylic acids is 5. The molecule has 0 saturated carbocycles. The van der Waals surface area contributed by atoms with Crippen molar-refractivity contribution in [1.82, 2.24) is 34.8 Å². The Kier molecular flexibility index (Phi) is 11.4. The van der Waals surface area contributed by atoms with Crippen molar-refractivity contribution < 1.29 is 38.2 Å². The summed E-state index contributed by atoms with van der Waals surface area (Å²) in [6.07, 6.45) is 4.03. The van der Waals surface area contributed by atoms with Crippen molar-refractivity contribution in [3.05, 3.63) is 74.7 Å². The number of benzene rings is 2. The van der Waals surface area contributed by atoms with Crippen LogP contribution in [0.3, 0.4) is 0 Å². The summed E-state index contributed by atoms with van der Waals surface area (Å²) in [5, 5.41) is 5.40. The zero-order valence-electron chi connectivity index (χ0n) is 33.0. The molecule has 2 aromatic carbocycles. The number of pyridine rings is 1. The van der Waals surface area contributed by atoms with Gasteiger partial charge in [0, 0.05) is 69.6 Å². The highest BCUT2D eigenvalue weighted by Gasteiger charge is 2.44. The Balaban J connectivity index is 0.917. The lowest BCUT2D eigenvalue weighted by Gasteiger charge is -2.35. The summed E-state index contributed by atoms with van der Waals surface area (Å²) in [5.74, 6) is -0.377. The summed E-state index contributed by atoms with van der Waals surface area (Å²) in [6.45, 7) is 3.79. The number of fused-ring (bicyclic) bond motifs is 2. The zero-order valence-corrected chi connectivity index (χ0v) is 33.0. The number of hydrogen-bond donors (Lipinski definition) is 2. The summed E-state index contributed by atoms with van der Waals surface area (Å²) in [4.78, 5) is 84.0. The first kappa shape index (κ1) is 39.5. The van der Waals surface area contributed by atoms with E-state index in [0.717, 1.165) is 53.1 Å². The van der Waals surface area contributed by atoms with E-state index in [9.17, 15) is 28.8 Å². The van der Waals surface area contributed by atoms with E-state index in [0.29, 0.717) is 55.5 Å². The van der Waals surface area contributed by atoms with Crippen LogP contribution in [0.5, 0.6) is 17.2 Å². The fraction of sp³-hybridized carbons (Fsp3) is 0.463. The largest absolute Gasteiger partial charge is 0.496 e. The quantitative estimate of drug-likeness (QED) is 0.273. The second kappa shape index (κ2) is 16.4. The number of amides is 6. The Bertz CT molecular complexity index is 2150. The van der Waals surface area contributed by atoms with E-state index in [1.165, 1.54) is 12.1 Å². The van der Waals surface area contributed by atoms with Crippen LogP contribution in [0.2, 0.25) is 0 Å². The van der Waals surface area contributed by atoms with E-state index in [-0.39, 0.29) is 48.1 Å². The molecular weight excluding hydrogens is 734 g/mol. The normalized spacial score (nSPS) is 18.7. The molecule has 1 aromatic heterocycles. The monoisotopic (exact) mass is 783 g/mol. The van der Waals surface area contributed by atoms with E-state index in [4.69, 9.17) is 14.2 Å². The number of methoxy groups -OCH3 is 2. The maximum atomic E-state index is 13.5. The highest BCUT2D eigenvalue weighted by Crippen LogP contribution is 2.38. The molecule has 6 amide bonds. The van der Waals surface area contributed by atoms with E-state index in [1.807, 2.05) is 37.3 Å². The van der Waals surface area contributed by atoms with Gasteiger partial charge in [0.2, 0.25) is 11.8 Å². The van der Waals surface area contributed by atoms with Gasteiger partial charge in [-0.25, -0.2) is 4.79 Å². The number of urea groups is 1. The standard InChI is InChI=1S/C41H49N7O9/c1-44(2)21-32-34(55-4)18-24(19-35(32)56-5)30-22-45(3)38(51)31-23-47(15-12-27(30)31)41(54)42-25-10-13-46(14-11-25)16-17-57-26-6-7-28-29(20-26)40(53)48(39(28)52)33-8-9-36(49)43-37(33)50/h6-7,18-20,22,25,33H,8-17,21,23H2,1-5H3,(H,42,54)(H,43,49,50). The van der Waals surface area contributed by atoms with Crippen LogP contribution >= 0.6 is 0 Å². The molecule has 2 N–H and O–H groups in total. The van der Waals surface area contributed by atoms with Crippen LogP contribution < -0.4 is 30.4 Å². The van der Waals surface area contributed by atoms with Gasteiger partial charge in [0.15, 0.2) is 0 Å². The third-order valence-electron chi connectivity index (χ3n) is 11.3. The number of hydrogen-bond acceptors (Lipinski definition) is 11. The number of imide groups is 2. The van der Waals surface area contributed by atoms with Crippen molar-refractivity contribution in [2.24, 2.45) is 7.05 Å². The molecule has 2 saturated heterocycles.